The van der Waals surface area contributed by atoms with Crippen LogP contribution in [-0.4, -0.2) is 0 Å². The van der Waals surface area contributed by atoms with Gasteiger partial charge in [-0.1, -0.05) is 68.8 Å². The molecule has 21 heavy (non-hydrogen) atoms. The summed E-state index contributed by atoms with van der Waals surface area (Å²) in [5.41, 5.74) is 3.87. The molecule has 0 fully saturated rings. The second kappa shape index (κ2) is 5.20. The third kappa shape index (κ3) is 2.82. The molecule has 106 valence electrons. The highest BCUT2D eigenvalue weighted by atomic mass is 35.5. The first-order chi connectivity index (χ1) is 9.95. The lowest BCUT2D eigenvalue weighted by Crippen LogP contribution is -2.11. The SMILES string of the molecule is CC(C)(C)c1cc(-c2cccc(Cl)c2)cc2ccccc12. The molecule has 0 aromatic heterocycles. The second-order valence-corrected chi connectivity index (χ2v) is 6.94. The van der Waals surface area contributed by atoms with Gasteiger partial charge in [-0.15, -0.1) is 0 Å². The number of benzene rings is 3. The molecule has 3 aromatic rings. The van der Waals surface area contributed by atoms with Crippen LogP contribution in [0, 0.1) is 0 Å². The molecule has 0 aliphatic rings. The summed E-state index contributed by atoms with van der Waals surface area (Å²) in [6.07, 6.45) is 0. The van der Waals surface area contributed by atoms with Crippen molar-refractivity contribution in [1.82, 2.24) is 0 Å². The fourth-order valence-corrected chi connectivity index (χ4v) is 2.96. The van der Waals surface area contributed by atoms with Crippen molar-refractivity contribution in [2.75, 3.05) is 0 Å². The standard InChI is InChI=1S/C20H19Cl/c1-20(2,3)19-13-16(14-8-6-9-17(21)12-14)11-15-7-4-5-10-18(15)19/h4-13H,1-3H3. The predicted octanol–water partition coefficient (Wildman–Crippen LogP) is 6.46. The van der Waals surface area contributed by atoms with Crippen LogP contribution in [-0.2, 0) is 5.41 Å². The van der Waals surface area contributed by atoms with E-state index in [1.807, 2.05) is 18.2 Å². The molecule has 0 atom stereocenters. The van der Waals surface area contributed by atoms with Gasteiger partial charge in [0.25, 0.3) is 0 Å². The van der Waals surface area contributed by atoms with Crippen LogP contribution in [0.1, 0.15) is 26.3 Å². The van der Waals surface area contributed by atoms with Crippen LogP contribution in [0.3, 0.4) is 0 Å². The molecule has 0 amide bonds. The Morgan fingerprint density at radius 3 is 2.24 bits per heavy atom. The van der Waals surface area contributed by atoms with Gasteiger partial charge < -0.3 is 0 Å². The first-order valence-corrected chi connectivity index (χ1v) is 7.62. The Morgan fingerprint density at radius 2 is 1.52 bits per heavy atom. The minimum absolute atomic E-state index is 0.105. The maximum atomic E-state index is 6.14. The molecule has 0 aliphatic carbocycles. The molecule has 0 radical (unpaired) electrons. The van der Waals surface area contributed by atoms with Crippen molar-refractivity contribution in [2.45, 2.75) is 26.2 Å². The summed E-state index contributed by atoms with van der Waals surface area (Å²) in [6.45, 7) is 6.78. The van der Waals surface area contributed by atoms with Gasteiger partial charge in [0.1, 0.15) is 0 Å². The molecule has 0 saturated carbocycles. The molecule has 1 heteroatoms. The first-order valence-electron chi connectivity index (χ1n) is 7.24. The van der Waals surface area contributed by atoms with E-state index < -0.39 is 0 Å². The van der Waals surface area contributed by atoms with Crippen molar-refractivity contribution >= 4 is 22.4 Å². The number of fused-ring (bicyclic) bond motifs is 1. The quantitative estimate of drug-likeness (QED) is 0.483. The lowest BCUT2D eigenvalue weighted by atomic mass is 9.82. The number of halogens is 1. The van der Waals surface area contributed by atoms with Crippen LogP contribution in [0.2, 0.25) is 5.02 Å². The van der Waals surface area contributed by atoms with Crippen molar-refractivity contribution in [2.24, 2.45) is 0 Å². The Kier molecular flexibility index (Phi) is 3.51. The Bertz CT molecular complexity index is 794. The zero-order chi connectivity index (χ0) is 15.0. The highest BCUT2D eigenvalue weighted by Crippen LogP contribution is 2.35. The molecule has 0 saturated heterocycles. The Morgan fingerprint density at radius 1 is 0.762 bits per heavy atom. The van der Waals surface area contributed by atoms with Crippen molar-refractivity contribution < 1.29 is 0 Å². The van der Waals surface area contributed by atoms with Gasteiger partial charge in [-0.25, -0.2) is 0 Å². The van der Waals surface area contributed by atoms with E-state index in [-0.39, 0.29) is 5.41 Å². The van der Waals surface area contributed by atoms with Crippen molar-refractivity contribution in [1.29, 1.82) is 0 Å². The average molecular weight is 295 g/mol. The van der Waals surface area contributed by atoms with Gasteiger partial charge in [-0.2, -0.15) is 0 Å². The van der Waals surface area contributed by atoms with Crippen LogP contribution in [0.15, 0.2) is 60.7 Å². The van der Waals surface area contributed by atoms with E-state index in [9.17, 15) is 0 Å². The van der Waals surface area contributed by atoms with Crippen LogP contribution >= 0.6 is 11.6 Å². The smallest absolute Gasteiger partial charge is 0.0412 e. The van der Waals surface area contributed by atoms with Crippen molar-refractivity contribution in [3.8, 4) is 11.1 Å². The van der Waals surface area contributed by atoms with Gasteiger partial charge in [-0.05, 0) is 57.1 Å². The summed E-state index contributed by atoms with van der Waals surface area (Å²) in [5, 5.41) is 3.38. The van der Waals surface area contributed by atoms with E-state index in [1.165, 1.54) is 27.5 Å². The van der Waals surface area contributed by atoms with Gasteiger partial charge in [0.05, 0.1) is 0 Å². The highest BCUT2D eigenvalue weighted by Gasteiger charge is 2.18. The normalized spacial score (nSPS) is 11.8. The molecule has 0 unspecified atom stereocenters. The number of rotatable bonds is 1. The van der Waals surface area contributed by atoms with Gasteiger partial charge in [-0.3, -0.25) is 0 Å². The van der Waals surface area contributed by atoms with E-state index in [0.29, 0.717) is 0 Å². The molecule has 3 aromatic carbocycles. The van der Waals surface area contributed by atoms with Crippen LogP contribution < -0.4 is 0 Å². The monoisotopic (exact) mass is 294 g/mol. The summed E-state index contributed by atoms with van der Waals surface area (Å²) < 4.78 is 0. The second-order valence-electron chi connectivity index (χ2n) is 6.51. The molecule has 3 rings (SSSR count). The van der Waals surface area contributed by atoms with E-state index in [0.717, 1.165) is 5.02 Å². The summed E-state index contributed by atoms with van der Waals surface area (Å²) in [5.74, 6) is 0. The minimum Gasteiger partial charge on any atom is -0.0843 e. The van der Waals surface area contributed by atoms with Gasteiger partial charge in [0, 0.05) is 5.02 Å². The zero-order valence-electron chi connectivity index (χ0n) is 12.7. The van der Waals surface area contributed by atoms with Gasteiger partial charge >= 0.3 is 0 Å². The number of hydrogen-bond acceptors (Lipinski definition) is 0. The Balaban J connectivity index is 2.31. The largest absolute Gasteiger partial charge is 0.0843 e. The molecule has 0 spiro atoms. The molecular formula is C20H19Cl. The minimum atomic E-state index is 0.105. The third-order valence-electron chi connectivity index (χ3n) is 3.83. The van der Waals surface area contributed by atoms with E-state index in [1.54, 1.807) is 0 Å². The van der Waals surface area contributed by atoms with Crippen LogP contribution in [0.25, 0.3) is 21.9 Å². The summed E-state index contributed by atoms with van der Waals surface area (Å²) in [4.78, 5) is 0. The molecule has 0 heterocycles. The first kappa shape index (κ1) is 14.2. The summed E-state index contributed by atoms with van der Waals surface area (Å²) >= 11 is 6.14. The van der Waals surface area contributed by atoms with Crippen LogP contribution in [0.5, 0.6) is 0 Å². The highest BCUT2D eigenvalue weighted by molar-refractivity contribution is 6.30. The summed E-state index contributed by atoms with van der Waals surface area (Å²) in [7, 11) is 0. The Hall–Kier alpha value is -1.79. The predicted molar refractivity (Wildman–Crippen MR) is 93.1 cm³/mol. The lowest BCUT2D eigenvalue weighted by molar-refractivity contribution is 0.596. The van der Waals surface area contributed by atoms with E-state index in [4.69, 9.17) is 11.6 Å². The molecule has 0 aliphatic heterocycles. The van der Waals surface area contributed by atoms with Crippen molar-refractivity contribution in [3.63, 3.8) is 0 Å². The Labute approximate surface area is 131 Å². The molecule has 0 N–H and O–H groups in total. The maximum absolute atomic E-state index is 6.14. The third-order valence-corrected chi connectivity index (χ3v) is 4.06. The zero-order valence-corrected chi connectivity index (χ0v) is 13.4. The van der Waals surface area contributed by atoms with Gasteiger partial charge in [0.2, 0.25) is 0 Å². The molecular weight excluding hydrogens is 276 g/mol. The fourth-order valence-electron chi connectivity index (χ4n) is 2.77. The number of hydrogen-bond donors (Lipinski definition) is 0. The van der Waals surface area contributed by atoms with Crippen molar-refractivity contribution in [3.05, 3.63) is 71.2 Å². The lowest BCUT2D eigenvalue weighted by Gasteiger charge is -2.23. The summed E-state index contributed by atoms with van der Waals surface area (Å²) in [6, 6.07) is 21.2. The van der Waals surface area contributed by atoms with Crippen LogP contribution in [0.4, 0.5) is 0 Å². The average Bonchev–Trinajstić information content (AvgIpc) is 2.45. The maximum Gasteiger partial charge on any atom is 0.0412 e. The molecule has 0 bridgehead atoms. The van der Waals surface area contributed by atoms with Gasteiger partial charge in [0.15, 0.2) is 0 Å². The topological polar surface area (TPSA) is 0 Å². The van der Waals surface area contributed by atoms with E-state index in [2.05, 4.69) is 63.2 Å². The van der Waals surface area contributed by atoms with E-state index >= 15 is 0 Å². The molecule has 0 nitrogen and oxygen atoms in total. The fraction of sp³-hybridized carbons (Fsp3) is 0.200.